The first kappa shape index (κ1) is 16.3. The van der Waals surface area contributed by atoms with Gasteiger partial charge in [-0.1, -0.05) is 13.0 Å². The summed E-state index contributed by atoms with van der Waals surface area (Å²) < 4.78 is 28.8. The molecule has 5 heteroatoms. The SMILES string of the molecule is CCNC(c1c(F)ccc(C)c1F)C1CN(C)CCN1C. The van der Waals surface area contributed by atoms with E-state index in [-0.39, 0.29) is 17.6 Å². The standard InChI is InChI=1S/C16H25F2N3/c1-5-19-16(13-10-20(3)8-9-21(13)4)14-12(17)7-6-11(2)15(14)18/h6-7,13,16,19H,5,8-10H2,1-4H3. The maximum atomic E-state index is 14.5. The van der Waals surface area contributed by atoms with Gasteiger partial charge in [0.2, 0.25) is 0 Å². The van der Waals surface area contributed by atoms with Gasteiger partial charge in [-0.25, -0.2) is 8.78 Å². The highest BCUT2D eigenvalue weighted by Crippen LogP contribution is 2.29. The second kappa shape index (κ2) is 6.81. The van der Waals surface area contributed by atoms with Gasteiger partial charge in [-0.15, -0.1) is 0 Å². The number of hydrogen-bond acceptors (Lipinski definition) is 3. The van der Waals surface area contributed by atoms with Crippen molar-refractivity contribution < 1.29 is 8.78 Å². The summed E-state index contributed by atoms with van der Waals surface area (Å²) in [5, 5.41) is 3.28. The zero-order valence-electron chi connectivity index (χ0n) is 13.3. The molecule has 2 rings (SSSR count). The molecule has 0 bridgehead atoms. The van der Waals surface area contributed by atoms with Gasteiger partial charge < -0.3 is 10.2 Å². The van der Waals surface area contributed by atoms with Crippen LogP contribution in [-0.2, 0) is 0 Å². The second-order valence-corrected chi connectivity index (χ2v) is 5.94. The maximum absolute atomic E-state index is 14.5. The minimum atomic E-state index is -0.467. The molecule has 1 N–H and O–H groups in total. The zero-order valence-corrected chi connectivity index (χ0v) is 13.3. The Labute approximate surface area is 125 Å². The predicted octanol–water partition coefficient (Wildman–Crippen LogP) is 2.17. The fourth-order valence-electron chi connectivity index (χ4n) is 3.02. The average Bonchev–Trinajstić information content (AvgIpc) is 2.45. The smallest absolute Gasteiger partial charge is 0.133 e. The molecule has 1 heterocycles. The van der Waals surface area contributed by atoms with Crippen molar-refractivity contribution in [3.05, 3.63) is 34.9 Å². The Balaban J connectivity index is 2.41. The minimum Gasteiger partial charge on any atom is -0.309 e. The summed E-state index contributed by atoms with van der Waals surface area (Å²) in [7, 11) is 4.07. The summed E-state index contributed by atoms with van der Waals surface area (Å²) in [5.41, 5.74) is 0.658. The first-order valence-electron chi connectivity index (χ1n) is 7.52. The molecule has 1 aromatic carbocycles. The molecular formula is C16H25F2N3. The van der Waals surface area contributed by atoms with Crippen molar-refractivity contribution in [2.75, 3.05) is 40.3 Å². The largest absolute Gasteiger partial charge is 0.309 e. The molecule has 0 amide bonds. The summed E-state index contributed by atoms with van der Waals surface area (Å²) in [5.74, 6) is -0.895. The van der Waals surface area contributed by atoms with Crippen molar-refractivity contribution in [1.82, 2.24) is 15.1 Å². The number of nitrogens with one attached hydrogen (secondary N) is 1. The van der Waals surface area contributed by atoms with E-state index in [9.17, 15) is 8.78 Å². The van der Waals surface area contributed by atoms with E-state index in [0.717, 1.165) is 19.6 Å². The van der Waals surface area contributed by atoms with Gasteiger partial charge >= 0.3 is 0 Å². The number of aryl methyl sites for hydroxylation is 1. The Morgan fingerprint density at radius 3 is 2.67 bits per heavy atom. The predicted molar refractivity (Wildman–Crippen MR) is 81.4 cm³/mol. The van der Waals surface area contributed by atoms with Gasteiger partial charge in [0, 0.05) is 31.2 Å². The van der Waals surface area contributed by atoms with Crippen LogP contribution in [0.1, 0.15) is 24.1 Å². The van der Waals surface area contributed by atoms with Crippen molar-refractivity contribution in [3.63, 3.8) is 0 Å². The molecule has 1 fully saturated rings. The van der Waals surface area contributed by atoms with E-state index < -0.39 is 11.6 Å². The van der Waals surface area contributed by atoms with Crippen molar-refractivity contribution in [3.8, 4) is 0 Å². The number of halogens is 2. The van der Waals surface area contributed by atoms with Crippen LogP contribution in [0.5, 0.6) is 0 Å². The first-order valence-corrected chi connectivity index (χ1v) is 7.52. The van der Waals surface area contributed by atoms with Crippen molar-refractivity contribution in [2.45, 2.75) is 25.9 Å². The Kier molecular flexibility index (Phi) is 5.30. The fourth-order valence-corrected chi connectivity index (χ4v) is 3.02. The number of piperazine rings is 1. The molecule has 1 saturated heterocycles. The lowest BCUT2D eigenvalue weighted by molar-refractivity contribution is 0.0860. The Hall–Kier alpha value is -1.04. The monoisotopic (exact) mass is 297 g/mol. The van der Waals surface area contributed by atoms with Gasteiger partial charge in [-0.05, 0) is 39.2 Å². The molecule has 2 unspecified atom stereocenters. The second-order valence-electron chi connectivity index (χ2n) is 5.94. The molecule has 0 aliphatic carbocycles. The van der Waals surface area contributed by atoms with Crippen LogP contribution in [0.3, 0.4) is 0 Å². The van der Waals surface area contributed by atoms with Crippen LogP contribution in [0.2, 0.25) is 0 Å². The summed E-state index contributed by atoms with van der Waals surface area (Å²) in [6, 6.07) is 2.57. The Bertz CT molecular complexity index is 493. The topological polar surface area (TPSA) is 18.5 Å². The summed E-state index contributed by atoms with van der Waals surface area (Å²) in [6.45, 7) is 6.98. The molecule has 1 aromatic rings. The molecule has 0 radical (unpaired) electrons. The summed E-state index contributed by atoms with van der Waals surface area (Å²) in [4.78, 5) is 4.40. The highest BCUT2D eigenvalue weighted by molar-refractivity contribution is 5.30. The molecule has 0 aromatic heterocycles. The van der Waals surface area contributed by atoms with Gasteiger partial charge in [-0.3, -0.25) is 4.90 Å². The number of nitrogens with zero attached hydrogens (tertiary/aromatic N) is 2. The van der Waals surface area contributed by atoms with E-state index in [1.807, 2.05) is 21.0 Å². The van der Waals surface area contributed by atoms with E-state index in [0.29, 0.717) is 12.1 Å². The van der Waals surface area contributed by atoms with Gasteiger partial charge in [0.25, 0.3) is 0 Å². The van der Waals surface area contributed by atoms with Crippen LogP contribution >= 0.6 is 0 Å². The molecule has 118 valence electrons. The molecule has 21 heavy (non-hydrogen) atoms. The van der Waals surface area contributed by atoms with Crippen LogP contribution in [-0.4, -0.2) is 56.1 Å². The van der Waals surface area contributed by atoms with Gasteiger partial charge in [0.05, 0.1) is 6.04 Å². The molecular weight excluding hydrogens is 272 g/mol. The van der Waals surface area contributed by atoms with Gasteiger partial charge in [0.1, 0.15) is 11.6 Å². The Morgan fingerprint density at radius 2 is 2.00 bits per heavy atom. The zero-order chi connectivity index (χ0) is 15.6. The highest BCUT2D eigenvalue weighted by atomic mass is 19.1. The third-order valence-electron chi connectivity index (χ3n) is 4.34. The normalized spacial score (nSPS) is 22.5. The molecule has 1 aliphatic heterocycles. The van der Waals surface area contributed by atoms with E-state index in [4.69, 9.17) is 0 Å². The van der Waals surface area contributed by atoms with Crippen molar-refractivity contribution >= 4 is 0 Å². The van der Waals surface area contributed by atoms with Crippen LogP contribution in [0.4, 0.5) is 8.78 Å². The van der Waals surface area contributed by atoms with E-state index >= 15 is 0 Å². The van der Waals surface area contributed by atoms with E-state index in [2.05, 4.69) is 15.1 Å². The van der Waals surface area contributed by atoms with Crippen LogP contribution in [0.15, 0.2) is 12.1 Å². The molecule has 0 spiro atoms. The Morgan fingerprint density at radius 1 is 1.29 bits per heavy atom. The quantitative estimate of drug-likeness (QED) is 0.919. The third-order valence-corrected chi connectivity index (χ3v) is 4.34. The number of hydrogen-bond donors (Lipinski definition) is 1. The van der Waals surface area contributed by atoms with Crippen LogP contribution < -0.4 is 5.32 Å². The lowest BCUT2D eigenvalue weighted by atomic mass is 9.94. The summed E-state index contributed by atoms with van der Waals surface area (Å²) >= 11 is 0. The fraction of sp³-hybridized carbons (Fsp3) is 0.625. The number of benzene rings is 1. The van der Waals surface area contributed by atoms with Crippen molar-refractivity contribution in [2.24, 2.45) is 0 Å². The highest BCUT2D eigenvalue weighted by Gasteiger charge is 2.33. The number of likely N-dealkylation sites (N-methyl/N-ethyl adjacent to an activating group) is 3. The van der Waals surface area contributed by atoms with Crippen LogP contribution in [0.25, 0.3) is 0 Å². The third kappa shape index (κ3) is 3.42. The molecule has 0 saturated carbocycles. The van der Waals surface area contributed by atoms with Gasteiger partial charge in [0.15, 0.2) is 0 Å². The lowest BCUT2D eigenvalue weighted by Crippen LogP contribution is -2.55. The van der Waals surface area contributed by atoms with Crippen molar-refractivity contribution in [1.29, 1.82) is 0 Å². The molecule has 1 aliphatic rings. The first-order chi connectivity index (χ1) is 9.95. The average molecular weight is 297 g/mol. The number of rotatable bonds is 4. The summed E-state index contributed by atoms with van der Waals surface area (Å²) in [6.07, 6.45) is 0. The van der Waals surface area contributed by atoms with E-state index in [1.54, 1.807) is 6.92 Å². The lowest BCUT2D eigenvalue weighted by Gasteiger charge is -2.42. The maximum Gasteiger partial charge on any atom is 0.133 e. The van der Waals surface area contributed by atoms with E-state index in [1.165, 1.54) is 12.1 Å². The molecule has 2 atom stereocenters. The van der Waals surface area contributed by atoms with Gasteiger partial charge in [-0.2, -0.15) is 0 Å². The van der Waals surface area contributed by atoms with Crippen LogP contribution in [0, 0.1) is 18.6 Å². The molecule has 3 nitrogen and oxygen atoms in total. The minimum absolute atomic E-state index is 0.0505.